The molecule has 0 aliphatic carbocycles. The Labute approximate surface area is 657 Å². The number of aryl methyl sites for hydroxylation is 1. The van der Waals surface area contributed by atoms with E-state index in [1.54, 1.807) is 57.6 Å². The highest BCUT2D eigenvalue weighted by molar-refractivity contribution is 5.73. The number of H-pyrrole nitrogens is 6. The summed E-state index contributed by atoms with van der Waals surface area (Å²) in [6.45, 7) is 13.8. The number of aliphatic hydroxyl groups excluding tert-OH is 7. The molecule has 4 saturated heterocycles. The number of anilines is 7. The summed E-state index contributed by atoms with van der Waals surface area (Å²) in [5.41, 5.74) is 24.1. The first-order chi connectivity index (χ1) is 55.7. The van der Waals surface area contributed by atoms with Crippen molar-refractivity contribution in [1.29, 1.82) is 0 Å². The van der Waals surface area contributed by atoms with E-state index in [9.17, 15) is 86.2 Å². The molecule has 10 aromatic rings. The second-order valence-electron chi connectivity index (χ2n) is 27.2. The molecule has 10 aromatic heterocycles. The van der Waals surface area contributed by atoms with Gasteiger partial charge in [0.2, 0.25) is 35.8 Å². The van der Waals surface area contributed by atoms with Gasteiger partial charge in [-0.3, -0.25) is 81.5 Å². The molecule has 53 heteroatoms. The highest BCUT2D eigenvalue weighted by atomic mass is 19.3. The van der Waals surface area contributed by atoms with Gasteiger partial charge in [0.15, 0.2) is 57.9 Å². The van der Waals surface area contributed by atoms with Crippen molar-refractivity contribution >= 4 is 74.6 Å². The van der Waals surface area contributed by atoms with Gasteiger partial charge in [-0.05, 0) is 59.9 Å². The molecular formula is C65H89F4N27O22. The summed E-state index contributed by atoms with van der Waals surface area (Å²) in [4.78, 5) is 150. The number of nitrogens with two attached hydrogens (primary N) is 5. The number of rotatable bonds is 15. The van der Waals surface area contributed by atoms with Crippen LogP contribution in [-0.4, -0.2) is 246 Å². The lowest BCUT2D eigenvalue weighted by Crippen LogP contribution is -2.45. The van der Waals surface area contributed by atoms with E-state index in [1.165, 1.54) is 32.6 Å². The molecule has 0 spiro atoms. The number of imidazole rings is 3. The molecule has 0 amide bonds. The normalized spacial score (nSPS) is 23.9. The number of halogens is 4. The number of hydrogen-bond donors (Lipinski definition) is 18. The van der Waals surface area contributed by atoms with Gasteiger partial charge in [0.05, 0.1) is 75.1 Å². The van der Waals surface area contributed by atoms with Gasteiger partial charge in [0.1, 0.15) is 55.6 Å². The first-order valence-electron chi connectivity index (χ1n) is 35.8. The summed E-state index contributed by atoms with van der Waals surface area (Å²) in [6, 6.07) is 2.29. The molecule has 118 heavy (non-hydrogen) atoms. The van der Waals surface area contributed by atoms with Gasteiger partial charge in [-0.25, -0.2) is 33.7 Å². The van der Waals surface area contributed by atoms with Crippen LogP contribution in [0.3, 0.4) is 0 Å². The van der Waals surface area contributed by atoms with Gasteiger partial charge >= 0.3 is 23.0 Å². The SMILES string of the molecule is CC(CO)CCn1cnc2c(=O)[nH]c(N)nc21.CC(CO)OCn1cnc2c(=O)[nH]c(N)nc21.CCOCn1cnc2c(=O)[nH]c(N)nc21.C[C@H]1O[C@@H](N2CN(C)c3c2nc(N)[nH]c3=O)C(O)[C@H]1O.C[C@H]1O[C@@H](n2cc(F)c(=O)[nH]c2=O)C[C@H]1O.C[C@H]1O[C@@H](n2ccc(=O)[nH]c2=O)C(F)[C@H]1O.C[C@H]1O[C@@H](n2ccc(N)nc2=O)C(F)(F)[C@H]1O. The summed E-state index contributed by atoms with van der Waals surface area (Å²) >= 11 is 0. The van der Waals surface area contributed by atoms with Gasteiger partial charge in [-0.2, -0.15) is 38.1 Å². The van der Waals surface area contributed by atoms with Crippen LogP contribution in [0.5, 0.6) is 0 Å². The van der Waals surface area contributed by atoms with Crippen molar-refractivity contribution in [3.63, 3.8) is 0 Å². The Balaban J connectivity index is 0.000000157. The summed E-state index contributed by atoms with van der Waals surface area (Å²) in [6.07, 6.45) is -6.78. The van der Waals surface area contributed by atoms with E-state index in [0.717, 1.165) is 40.2 Å². The van der Waals surface area contributed by atoms with Crippen molar-refractivity contribution in [3.05, 3.63) is 149 Å². The number of aromatic nitrogens is 20. The van der Waals surface area contributed by atoms with Crippen LogP contribution in [0.2, 0.25) is 0 Å². The highest BCUT2D eigenvalue weighted by Gasteiger charge is 2.58. The second-order valence-corrected chi connectivity index (χ2v) is 27.2. The summed E-state index contributed by atoms with van der Waals surface area (Å²) < 4.78 is 92.5. The fourth-order valence-corrected chi connectivity index (χ4v) is 11.8. The fraction of sp³-hybridized carbons (Fsp3) is 0.523. The molecule has 15 rings (SSSR count). The zero-order valence-electron chi connectivity index (χ0n) is 64.0. The van der Waals surface area contributed by atoms with E-state index in [2.05, 4.69) is 59.8 Å². The lowest BCUT2D eigenvalue weighted by molar-refractivity contribution is -0.140. The minimum Gasteiger partial charge on any atom is -0.396 e. The van der Waals surface area contributed by atoms with Gasteiger partial charge < -0.3 is 107 Å². The number of ether oxygens (including phenoxy) is 6. The van der Waals surface area contributed by atoms with Crippen LogP contribution in [0.25, 0.3) is 33.5 Å². The monoisotopic (exact) mass is 1680 g/mol. The molecule has 0 saturated carbocycles. The number of aromatic amines is 6. The Hall–Kier alpha value is -12.0. The number of aliphatic hydroxyl groups is 7. The topological polar surface area (TPSA) is 715 Å². The zero-order chi connectivity index (χ0) is 86.8. The standard InChI is InChI=1S/C11H17N5O4.C10H15N5O2.C9H11F2N3O3.2C9H11FN2O4.C9H13N5O3.C8H11N5O2/c1-4-6(17)7(18)10(20-4)16-3-15(2)5-8(16)13-11(12)14-9(5)19;1-6(4-16)2-3-15-5-12-7-8(15)13-10(11)14-9(7)17;1-4-6(15)9(10,11)7(17-4)14-3-2-5(12)13-8(14)16;1-4-6(13)2-7(16-4)12-3-5(10)8(14)11-9(12)15;1-4-7(14)6(10)8(16-4)12-3-2-5(13)11-9(12)15;1-5(2-15)17-4-14-3-11-6-7(14)12-9(10)13-8(6)16;1-2-15-4-13-3-10-5-6(13)11-8(9)12-7(5)14/h4,6-7,10,17-18H,3H2,1-2H3,(H3,12,13,14,19);5-6,16H,2-4H2,1H3,(H3,11,13,14,17);2-4,6-7,15H,1H3,(H2,12,13,16);3-4,6-7,13H,2H2,1H3,(H,11,14,15);2-4,6-8,14H,1H3,(H,11,13,15);3,5,15H,2,4H2,1H3,(H3,10,12,13,16);3H,2,4H2,1H3,(H3,9,11,12,14)/t4-,6+,7?,10-;;4-,6+,7-;4-,6-,7-;4-,6?,7+,8-;;/m1.111../s1. The third-order valence-electron chi connectivity index (χ3n) is 18.3. The number of alkyl halides is 3. The van der Waals surface area contributed by atoms with E-state index < -0.39 is 126 Å². The van der Waals surface area contributed by atoms with E-state index in [1.807, 2.05) is 23.8 Å². The maximum atomic E-state index is 13.6. The van der Waals surface area contributed by atoms with Crippen LogP contribution in [0.4, 0.5) is 58.7 Å². The molecule has 0 aromatic carbocycles. The second kappa shape index (κ2) is 38.4. The maximum Gasteiger partial charge on any atom is 0.351 e. The molecule has 0 bridgehead atoms. The van der Waals surface area contributed by atoms with Crippen LogP contribution in [0.1, 0.15) is 80.0 Å². The van der Waals surface area contributed by atoms with Crippen LogP contribution in [-0.2, 0) is 48.4 Å². The summed E-state index contributed by atoms with van der Waals surface area (Å²) in [5, 5.41) is 65.7. The molecular weight excluding hydrogens is 1590 g/mol. The third-order valence-corrected chi connectivity index (χ3v) is 18.3. The van der Waals surface area contributed by atoms with Crippen LogP contribution in [0, 0.1) is 11.7 Å². The maximum absolute atomic E-state index is 13.6. The zero-order valence-corrected chi connectivity index (χ0v) is 64.0. The van der Waals surface area contributed by atoms with Crippen molar-refractivity contribution in [2.24, 2.45) is 5.92 Å². The van der Waals surface area contributed by atoms with E-state index in [0.29, 0.717) is 59.6 Å². The summed E-state index contributed by atoms with van der Waals surface area (Å²) in [7, 11) is 1.73. The van der Waals surface area contributed by atoms with E-state index in [4.69, 9.17) is 67.3 Å². The molecule has 49 nitrogen and oxygen atoms in total. The molecule has 4 fully saturated rings. The molecule has 644 valence electrons. The largest absolute Gasteiger partial charge is 0.396 e. The number of nitrogen functional groups attached to an aromatic ring is 5. The first-order valence-corrected chi connectivity index (χ1v) is 35.8. The average Bonchev–Trinajstić information content (AvgIpc) is 1.64. The molecule has 5 aliphatic heterocycles. The van der Waals surface area contributed by atoms with Crippen molar-refractivity contribution in [2.45, 2.75) is 179 Å². The van der Waals surface area contributed by atoms with E-state index in [-0.39, 0.29) is 107 Å². The van der Waals surface area contributed by atoms with E-state index >= 15 is 0 Å². The Bertz CT molecular complexity index is 5580. The average molecular weight is 1680 g/mol. The van der Waals surface area contributed by atoms with Crippen molar-refractivity contribution in [3.8, 4) is 0 Å². The number of fused-ring (bicyclic) bond motifs is 4. The molecule has 16 atom stereocenters. The van der Waals surface area contributed by atoms with Crippen molar-refractivity contribution < 1.29 is 81.7 Å². The molecule has 0 radical (unpaired) electrons. The Morgan fingerprint density at radius 3 is 1.62 bits per heavy atom. The van der Waals surface area contributed by atoms with Crippen LogP contribution >= 0.6 is 0 Å². The highest BCUT2D eigenvalue weighted by Crippen LogP contribution is 2.42. The molecule has 4 unspecified atom stereocenters. The predicted octanol–water partition coefficient (Wildman–Crippen LogP) is -5.26. The van der Waals surface area contributed by atoms with Gasteiger partial charge in [0, 0.05) is 51.7 Å². The quantitative estimate of drug-likeness (QED) is 0.0426. The van der Waals surface area contributed by atoms with Crippen molar-refractivity contribution in [1.82, 2.24) is 97.2 Å². The van der Waals surface area contributed by atoms with Gasteiger partial charge in [0.25, 0.3) is 33.4 Å². The van der Waals surface area contributed by atoms with Crippen molar-refractivity contribution in [2.75, 3.05) is 72.0 Å². The van der Waals surface area contributed by atoms with Crippen LogP contribution in [0.15, 0.2) is 92.9 Å². The Morgan fingerprint density at radius 2 is 1.13 bits per heavy atom. The number of nitrogens with one attached hydrogen (secondary N) is 6. The van der Waals surface area contributed by atoms with Crippen LogP contribution < -0.4 is 88.9 Å². The first kappa shape index (κ1) is 89.9. The smallest absolute Gasteiger partial charge is 0.351 e. The minimum absolute atomic E-state index is 0.00451. The Kier molecular flexibility index (Phi) is 29.2. The molecule has 5 aliphatic rings. The summed E-state index contributed by atoms with van der Waals surface area (Å²) in [5.74, 6) is -3.95. The number of hydrogen-bond acceptors (Lipinski definition) is 37. The molecule has 15 heterocycles. The predicted molar refractivity (Wildman–Crippen MR) is 406 cm³/mol. The lowest BCUT2D eigenvalue weighted by atomic mass is 10.1. The third kappa shape index (κ3) is 20.7. The minimum atomic E-state index is -3.55. The number of nitrogens with zero attached hydrogens (tertiary/aromatic N) is 16. The Morgan fingerprint density at radius 1 is 0.602 bits per heavy atom. The molecule has 23 N–H and O–H groups in total. The fourth-order valence-electron chi connectivity index (χ4n) is 11.8. The lowest BCUT2D eigenvalue weighted by Gasteiger charge is -2.27. The van der Waals surface area contributed by atoms with Gasteiger partial charge in [-0.15, -0.1) is 0 Å². The van der Waals surface area contributed by atoms with Gasteiger partial charge in [-0.1, -0.05) is 6.92 Å².